The molecule has 2 nitrogen and oxygen atoms in total. The highest BCUT2D eigenvalue weighted by Gasteiger charge is 2.63. The van der Waals surface area contributed by atoms with Crippen molar-refractivity contribution in [2.75, 3.05) is 4.90 Å². The highest BCUT2D eigenvalue weighted by molar-refractivity contribution is 5.72. The molecule has 2 unspecified atom stereocenters. The number of aromatic nitrogens is 1. The molecule has 0 saturated carbocycles. The van der Waals surface area contributed by atoms with Crippen LogP contribution in [-0.2, 0) is 11.0 Å². The zero-order valence-electron chi connectivity index (χ0n) is 15.9. The van der Waals surface area contributed by atoms with Gasteiger partial charge in [0, 0.05) is 23.5 Å². The Kier molecular flexibility index (Phi) is 2.88. The maximum absolute atomic E-state index is 4.43. The normalized spacial score (nSPS) is 29.0. The SMILES string of the molecule is Cc1cccc2c1N1C(C)c3cnccc3C1(C)C(C)(C)C2(C)C. The average molecular weight is 320 g/mol. The number of pyridine rings is 1. The molecule has 126 valence electrons. The third kappa shape index (κ3) is 1.46. The molecule has 2 aliphatic rings. The number of nitrogens with zero attached hydrogens (tertiary/aromatic N) is 2. The van der Waals surface area contributed by atoms with E-state index < -0.39 is 0 Å². The molecule has 0 radical (unpaired) electrons. The maximum atomic E-state index is 4.43. The number of benzene rings is 1. The average Bonchev–Trinajstić information content (AvgIpc) is 2.77. The standard InChI is InChI=1S/C22H28N2/c1-14-9-8-10-18-19(14)24-15(2)16-13-23-12-11-17(16)22(24,7)21(5,6)20(18,3)4/h8-13,15H,1-7H3. The highest BCUT2D eigenvalue weighted by atomic mass is 15.3. The second-order valence-electron chi connectivity index (χ2n) is 8.80. The second-order valence-corrected chi connectivity index (χ2v) is 8.80. The van der Waals surface area contributed by atoms with Crippen LogP contribution in [-0.4, -0.2) is 4.98 Å². The molecule has 1 aromatic carbocycles. The van der Waals surface area contributed by atoms with Crippen LogP contribution in [0, 0.1) is 12.3 Å². The van der Waals surface area contributed by atoms with E-state index in [0.717, 1.165) is 0 Å². The summed E-state index contributed by atoms with van der Waals surface area (Å²) >= 11 is 0. The van der Waals surface area contributed by atoms with E-state index in [9.17, 15) is 0 Å². The van der Waals surface area contributed by atoms with Gasteiger partial charge in [-0.3, -0.25) is 4.98 Å². The van der Waals surface area contributed by atoms with Gasteiger partial charge in [-0.25, -0.2) is 0 Å². The van der Waals surface area contributed by atoms with Crippen molar-refractivity contribution >= 4 is 5.69 Å². The van der Waals surface area contributed by atoms with Gasteiger partial charge in [-0.05, 0) is 54.5 Å². The van der Waals surface area contributed by atoms with Gasteiger partial charge < -0.3 is 4.90 Å². The monoisotopic (exact) mass is 320 g/mol. The summed E-state index contributed by atoms with van der Waals surface area (Å²) in [6, 6.07) is 9.38. The van der Waals surface area contributed by atoms with Gasteiger partial charge in [-0.15, -0.1) is 0 Å². The minimum Gasteiger partial charge on any atom is -0.354 e. The van der Waals surface area contributed by atoms with Crippen LogP contribution in [0.25, 0.3) is 0 Å². The third-order valence-electron chi connectivity index (χ3n) is 7.63. The molecule has 0 saturated heterocycles. The zero-order chi connectivity index (χ0) is 17.5. The Morgan fingerprint density at radius 1 is 1.00 bits per heavy atom. The van der Waals surface area contributed by atoms with Gasteiger partial charge in [0.1, 0.15) is 0 Å². The van der Waals surface area contributed by atoms with Crippen LogP contribution < -0.4 is 4.90 Å². The number of rotatable bonds is 0. The van der Waals surface area contributed by atoms with Gasteiger partial charge in [-0.2, -0.15) is 0 Å². The van der Waals surface area contributed by atoms with Crippen LogP contribution in [0.1, 0.15) is 69.8 Å². The van der Waals surface area contributed by atoms with E-state index in [1.54, 1.807) is 0 Å². The lowest BCUT2D eigenvalue weighted by atomic mass is 9.51. The summed E-state index contributed by atoms with van der Waals surface area (Å²) in [4.78, 5) is 7.11. The van der Waals surface area contributed by atoms with Crippen molar-refractivity contribution in [3.63, 3.8) is 0 Å². The van der Waals surface area contributed by atoms with Crippen LogP contribution in [0.4, 0.5) is 5.69 Å². The van der Waals surface area contributed by atoms with Crippen LogP contribution in [0.15, 0.2) is 36.7 Å². The molecule has 0 aliphatic carbocycles. The van der Waals surface area contributed by atoms with E-state index in [1.807, 2.05) is 6.20 Å². The van der Waals surface area contributed by atoms with Crippen molar-refractivity contribution in [1.29, 1.82) is 0 Å². The molecule has 2 aliphatic heterocycles. The first-order valence-corrected chi connectivity index (χ1v) is 8.99. The third-order valence-corrected chi connectivity index (χ3v) is 7.63. The first kappa shape index (κ1) is 15.7. The lowest BCUT2D eigenvalue weighted by Crippen LogP contribution is -2.62. The molecule has 2 aromatic rings. The lowest BCUT2D eigenvalue weighted by molar-refractivity contribution is 0.0651. The summed E-state index contributed by atoms with van der Waals surface area (Å²) in [6.07, 6.45) is 4.03. The molecule has 2 atom stereocenters. The first-order valence-electron chi connectivity index (χ1n) is 8.99. The molecular weight excluding hydrogens is 292 g/mol. The molecule has 0 amide bonds. The highest BCUT2D eigenvalue weighted by Crippen LogP contribution is 2.67. The second kappa shape index (κ2) is 4.41. The largest absolute Gasteiger partial charge is 0.354 e. The van der Waals surface area contributed by atoms with E-state index in [1.165, 1.54) is 27.9 Å². The predicted molar refractivity (Wildman–Crippen MR) is 100 cm³/mol. The topological polar surface area (TPSA) is 16.1 Å². The number of para-hydroxylation sites is 1. The molecule has 0 N–H and O–H groups in total. The molecule has 1 aromatic heterocycles. The quantitative estimate of drug-likeness (QED) is 0.637. The number of fused-ring (bicyclic) bond motifs is 5. The van der Waals surface area contributed by atoms with Crippen molar-refractivity contribution in [1.82, 2.24) is 4.98 Å². The van der Waals surface area contributed by atoms with Gasteiger partial charge in [0.2, 0.25) is 0 Å². The van der Waals surface area contributed by atoms with E-state index in [2.05, 4.69) is 88.8 Å². The van der Waals surface area contributed by atoms with Crippen molar-refractivity contribution in [2.24, 2.45) is 5.41 Å². The van der Waals surface area contributed by atoms with Crippen molar-refractivity contribution in [2.45, 2.75) is 65.5 Å². The van der Waals surface area contributed by atoms with Gasteiger partial charge in [-0.1, -0.05) is 45.9 Å². The van der Waals surface area contributed by atoms with Gasteiger partial charge >= 0.3 is 0 Å². The molecule has 2 heteroatoms. The van der Waals surface area contributed by atoms with Gasteiger partial charge in [0.15, 0.2) is 0 Å². The van der Waals surface area contributed by atoms with Gasteiger partial charge in [0.05, 0.1) is 11.6 Å². The summed E-state index contributed by atoms with van der Waals surface area (Å²) in [5, 5.41) is 0. The summed E-state index contributed by atoms with van der Waals surface area (Å²) < 4.78 is 0. The Morgan fingerprint density at radius 3 is 2.42 bits per heavy atom. The number of hydrogen-bond acceptors (Lipinski definition) is 2. The molecule has 3 heterocycles. The summed E-state index contributed by atoms with van der Waals surface area (Å²) in [5.74, 6) is 0. The lowest BCUT2D eigenvalue weighted by Gasteiger charge is -2.62. The number of aryl methyl sites for hydroxylation is 1. The molecule has 24 heavy (non-hydrogen) atoms. The molecule has 0 spiro atoms. The fourth-order valence-electron chi connectivity index (χ4n) is 5.32. The minimum absolute atomic E-state index is 0.0483. The Labute approximate surface area is 145 Å². The summed E-state index contributed by atoms with van der Waals surface area (Å²) in [6.45, 7) is 16.7. The zero-order valence-corrected chi connectivity index (χ0v) is 15.9. The fourth-order valence-corrected chi connectivity index (χ4v) is 5.32. The Bertz CT molecular complexity index is 834. The maximum Gasteiger partial charge on any atom is 0.0695 e. The Hall–Kier alpha value is -1.83. The van der Waals surface area contributed by atoms with Crippen molar-refractivity contribution in [3.05, 3.63) is 58.9 Å². The minimum atomic E-state index is -0.0483. The molecular formula is C22H28N2. The van der Waals surface area contributed by atoms with Crippen molar-refractivity contribution in [3.8, 4) is 0 Å². The fraction of sp³-hybridized carbons (Fsp3) is 0.500. The molecule has 4 rings (SSSR count). The number of anilines is 1. The van der Waals surface area contributed by atoms with Crippen molar-refractivity contribution < 1.29 is 0 Å². The van der Waals surface area contributed by atoms with Crippen LogP contribution >= 0.6 is 0 Å². The van der Waals surface area contributed by atoms with E-state index in [-0.39, 0.29) is 16.4 Å². The predicted octanol–water partition coefficient (Wildman–Crippen LogP) is 5.50. The van der Waals surface area contributed by atoms with E-state index in [0.29, 0.717) is 6.04 Å². The first-order chi connectivity index (χ1) is 11.2. The summed E-state index contributed by atoms with van der Waals surface area (Å²) in [7, 11) is 0. The van der Waals surface area contributed by atoms with Crippen LogP contribution in [0.2, 0.25) is 0 Å². The Morgan fingerprint density at radius 2 is 1.71 bits per heavy atom. The Balaban J connectivity index is 2.15. The summed E-state index contributed by atoms with van der Waals surface area (Å²) in [5.41, 5.74) is 7.18. The van der Waals surface area contributed by atoms with E-state index >= 15 is 0 Å². The van der Waals surface area contributed by atoms with Gasteiger partial charge in [0.25, 0.3) is 0 Å². The number of hydrogen-bond donors (Lipinski definition) is 0. The van der Waals surface area contributed by atoms with Crippen LogP contribution in [0.3, 0.4) is 0 Å². The van der Waals surface area contributed by atoms with Crippen LogP contribution in [0.5, 0.6) is 0 Å². The van der Waals surface area contributed by atoms with E-state index in [4.69, 9.17) is 0 Å². The molecule has 0 fully saturated rings. The molecule has 0 bridgehead atoms. The smallest absolute Gasteiger partial charge is 0.0695 e.